The number of hydrogen-bond acceptors (Lipinski definition) is 3. The van der Waals surface area contributed by atoms with Crippen LogP contribution < -0.4 is 11.3 Å². The molecule has 6 heteroatoms. The van der Waals surface area contributed by atoms with Crippen molar-refractivity contribution in [3.05, 3.63) is 33.8 Å². The standard InChI is InChI=1S/C14H19BrF2N2S/c15-10-6-7-11(16)13(14(10)17)12(19-18)8-20-9-4-2-1-3-5-9/h6-7,9,12,19H,1-5,8,18H2. The quantitative estimate of drug-likeness (QED) is 0.464. The monoisotopic (exact) mass is 364 g/mol. The minimum Gasteiger partial charge on any atom is -0.271 e. The van der Waals surface area contributed by atoms with Crippen LogP contribution in [-0.4, -0.2) is 11.0 Å². The molecule has 20 heavy (non-hydrogen) atoms. The lowest BCUT2D eigenvalue weighted by Crippen LogP contribution is -2.32. The third-order valence-electron chi connectivity index (χ3n) is 3.68. The second-order valence-electron chi connectivity index (χ2n) is 5.07. The molecule has 0 aromatic heterocycles. The molecule has 0 amide bonds. The molecule has 0 saturated heterocycles. The van der Waals surface area contributed by atoms with Crippen LogP contribution in [0.4, 0.5) is 8.78 Å². The van der Waals surface area contributed by atoms with Crippen LogP contribution in [0.3, 0.4) is 0 Å². The Bertz CT molecular complexity index is 453. The lowest BCUT2D eigenvalue weighted by Gasteiger charge is -2.24. The van der Waals surface area contributed by atoms with Gasteiger partial charge in [-0.05, 0) is 40.9 Å². The minimum absolute atomic E-state index is 0.0187. The smallest absolute Gasteiger partial charge is 0.145 e. The first-order valence-electron chi connectivity index (χ1n) is 6.84. The van der Waals surface area contributed by atoms with Crippen LogP contribution in [0.1, 0.15) is 43.7 Å². The van der Waals surface area contributed by atoms with E-state index in [1.54, 1.807) is 11.8 Å². The van der Waals surface area contributed by atoms with Crippen LogP contribution in [0.15, 0.2) is 16.6 Å². The highest BCUT2D eigenvalue weighted by atomic mass is 79.9. The van der Waals surface area contributed by atoms with Crippen LogP contribution in [0.25, 0.3) is 0 Å². The molecular weight excluding hydrogens is 346 g/mol. The van der Waals surface area contributed by atoms with Gasteiger partial charge >= 0.3 is 0 Å². The van der Waals surface area contributed by atoms with Gasteiger partial charge in [-0.15, -0.1) is 0 Å². The topological polar surface area (TPSA) is 38.0 Å². The highest BCUT2D eigenvalue weighted by Gasteiger charge is 2.23. The Morgan fingerprint density at radius 3 is 2.65 bits per heavy atom. The number of nitrogens with two attached hydrogens (primary N) is 1. The zero-order chi connectivity index (χ0) is 14.5. The van der Waals surface area contributed by atoms with Gasteiger partial charge in [0.2, 0.25) is 0 Å². The van der Waals surface area contributed by atoms with E-state index in [1.165, 1.54) is 44.2 Å². The van der Waals surface area contributed by atoms with E-state index in [0.717, 1.165) is 0 Å². The van der Waals surface area contributed by atoms with Crippen LogP contribution in [0.2, 0.25) is 0 Å². The van der Waals surface area contributed by atoms with E-state index in [1.807, 2.05) is 0 Å². The number of rotatable bonds is 5. The molecule has 3 N–H and O–H groups in total. The SMILES string of the molecule is NNC(CSC1CCCCC1)c1c(F)ccc(Br)c1F. The number of nitrogens with one attached hydrogen (secondary N) is 1. The molecule has 1 saturated carbocycles. The van der Waals surface area contributed by atoms with Crippen molar-refractivity contribution in [1.82, 2.24) is 5.43 Å². The zero-order valence-electron chi connectivity index (χ0n) is 11.2. The number of hydrazine groups is 1. The van der Waals surface area contributed by atoms with Crippen molar-refractivity contribution >= 4 is 27.7 Å². The molecule has 2 nitrogen and oxygen atoms in total. The number of halogens is 3. The summed E-state index contributed by atoms with van der Waals surface area (Å²) >= 11 is 4.85. The Hall–Kier alpha value is -0.170. The summed E-state index contributed by atoms with van der Waals surface area (Å²) in [4.78, 5) is 0. The molecule has 0 spiro atoms. The van der Waals surface area contributed by atoms with Crippen LogP contribution >= 0.6 is 27.7 Å². The van der Waals surface area contributed by atoms with Crippen molar-refractivity contribution in [2.45, 2.75) is 43.4 Å². The Morgan fingerprint density at radius 2 is 2.00 bits per heavy atom. The fraction of sp³-hybridized carbons (Fsp3) is 0.571. The first kappa shape index (κ1) is 16.2. The molecule has 0 heterocycles. The molecule has 0 bridgehead atoms. The maximum Gasteiger partial charge on any atom is 0.145 e. The van der Waals surface area contributed by atoms with Gasteiger partial charge in [-0.2, -0.15) is 11.8 Å². The van der Waals surface area contributed by atoms with Crippen LogP contribution in [0, 0.1) is 11.6 Å². The first-order chi connectivity index (χ1) is 9.63. The van der Waals surface area contributed by atoms with E-state index in [9.17, 15) is 8.78 Å². The van der Waals surface area contributed by atoms with Crippen molar-refractivity contribution in [3.63, 3.8) is 0 Å². The van der Waals surface area contributed by atoms with Gasteiger partial charge in [-0.1, -0.05) is 19.3 Å². The summed E-state index contributed by atoms with van der Waals surface area (Å²) in [6.45, 7) is 0. The number of benzene rings is 1. The Balaban J connectivity index is 2.06. The maximum atomic E-state index is 14.1. The molecule has 1 aromatic rings. The normalized spacial score (nSPS) is 18.2. The zero-order valence-corrected chi connectivity index (χ0v) is 13.6. The largest absolute Gasteiger partial charge is 0.271 e. The van der Waals surface area contributed by atoms with Crippen LogP contribution in [0.5, 0.6) is 0 Å². The molecule has 1 unspecified atom stereocenters. The summed E-state index contributed by atoms with van der Waals surface area (Å²) in [6.07, 6.45) is 6.16. The molecule has 1 fully saturated rings. The van der Waals surface area contributed by atoms with Crippen LogP contribution in [-0.2, 0) is 0 Å². The fourth-order valence-corrected chi connectivity index (χ4v) is 4.28. The van der Waals surface area contributed by atoms with Gasteiger partial charge in [-0.3, -0.25) is 11.3 Å². The summed E-state index contributed by atoms with van der Waals surface area (Å²) in [6, 6.07) is 2.12. The second-order valence-corrected chi connectivity index (χ2v) is 7.26. The van der Waals surface area contributed by atoms with Gasteiger partial charge in [0.25, 0.3) is 0 Å². The van der Waals surface area contributed by atoms with Gasteiger partial charge in [0.1, 0.15) is 11.6 Å². The lowest BCUT2D eigenvalue weighted by molar-refractivity contribution is 0.492. The van der Waals surface area contributed by atoms with Crippen molar-refractivity contribution in [3.8, 4) is 0 Å². The van der Waals surface area contributed by atoms with Gasteiger partial charge in [0.15, 0.2) is 0 Å². The van der Waals surface area contributed by atoms with Crippen molar-refractivity contribution in [2.24, 2.45) is 5.84 Å². The van der Waals surface area contributed by atoms with E-state index < -0.39 is 17.7 Å². The molecule has 0 radical (unpaired) electrons. The molecule has 1 aliphatic rings. The molecule has 2 rings (SSSR count). The predicted octanol–water partition coefficient (Wildman–Crippen LogP) is 4.30. The van der Waals surface area contributed by atoms with Gasteiger partial charge in [-0.25, -0.2) is 8.78 Å². The summed E-state index contributed by atoms with van der Waals surface area (Å²) in [7, 11) is 0. The third kappa shape index (κ3) is 3.93. The second kappa shape index (κ2) is 7.73. The van der Waals surface area contributed by atoms with Crippen molar-refractivity contribution in [1.29, 1.82) is 0 Å². The molecule has 112 valence electrons. The molecule has 1 aliphatic carbocycles. The molecular formula is C14H19BrF2N2S. The van der Waals surface area contributed by atoms with Crippen molar-refractivity contribution < 1.29 is 8.78 Å². The average molecular weight is 365 g/mol. The van der Waals surface area contributed by atoms with Gasteiger partial charge in [0.05, 0.1) is 10.5 Å². The predicted molar refractivity (Wildman–Crippen MR) is 83.5 cm³/mol. The van der Waals surface area contributed by atoms with E-state index in [4.69, 9.17) is 5.84 Å². The summed E-state index contributed by atoms with van der Waals surface area (Å²) < 4.78 is 28.2. The Morgan fingerprint density at radius 1 is 1.30 bits per heavy atom. The fourth-order valence-electron chi connectivity index (χ4n) is 2.54. The van der Waals surface area contributed by atoms with E-state index in [0.29, 0.717) is 11.0 Å². The number of hydrogen-bond donors (Lipinski definition) is 2. The average Bonchev–Trinajstić information content (AvgIpc) is 2.47. The maximum absolute atomic E-state index is 14.1. The molecule has 0 aliphatic heterocycles. The summed E-state index contributed by atoms with van der Waals surface area (Å²) in [5.41, 5.74) is 2.56. The third-order valence-corrected chi connectivity index (χ3v) is 5.76. The highest BCUT2D eigenvalue weighted by molar-refractivity contribution is 9.10. The molecule has 1 atom stereocenters. The van der Waals surface area contributed by atoms with E-state index >= 15 is 0 Å². The summed E-state index contributed by atoms with van der Waals surface area (Å²) in [5.74, 6) is 4.94. The summed E-state index contributed by atoms with van der Waals surface area (Å²) in [5, 5.41) is 0.581. The van der Waals surface area contributed by atoms with Crippen molar-refractivity contribution in [2.75, 3.05) is 5.75 Å². The Labute approximate surface area is 131 Å². The Kier molecular flexibility index (Phi) is 6.26. The van der Waals surface area contributed by atoms with E-state index in [-0.39, 0.29) is 10.0 Å². The minimum atomic E-state index is -0.572. The molecule has 1 aromatic carbocycles. The van der Waals surface area contributed by atoms with E-state index in [2.05, 4.69) is 21.4 Å². The van der Waals surface area contributed by atoms with Gasteiger partial charge < -0.3 is 0 Å². The highest BCUT2D eigenvalue weighted by Crippen LogP contribution is 2.33. The van der Waals surface area contributed by atoms with Gasteiger partial charge in [0, 0.05) is 16.6 Å². The lowest BCUT2D eigenvalue weighted by atomic mass is 10.0. The number of thioether (sulfide) groups is 1. The first-order valence-corrected chi connectivity index (χ1v) is 8.68.